The van der Waals surface area contributed by atoms with E-state index in [0.29, 0.717) is 12.1 Å². The van der Waals surface area contributed by atoms with Crippen molar-refractivity contribution in [1.82, 2.24) is 15.6 Å². The number of amides is 2. The van der Waals surface area contributed by atoms with E-state index in [9.17, 15) is 42.9 Å². The zero-order chi connectivity index (χ0) is 29.6. The fourth-order valence-electron chi connectivity index (χ4n) is 4.96. The van der Waals surface area contributed by atoms with Gasteiger partial charge in [-0.25, -0.2) is 8.78 Å². The number of nitrogens with one attached hydrogen (secondary N) is 2. The van der Waals surface area contributed by atoms with Crippen LogP contribution in [0.25, 0.3) is 0 Å². The predicted molar refractivity (Wildman–Crippen MR) is 135 cm³/mol. The highest BCUT2D eigenvalue weighted by atomic mass is 32.5. The Morgan fingerprint density at radius 2 is 1.73 bits per heavy atom. The van der Waals surface area contributed by atoms with E-state index in [1.165, 1.54) is 31.5 Å². The molecule has 2 amide bonds. The minimum absolute atomic E-state index is 0.000438. The molecular weight excluding hydrogens is 569 g/mol. The van der Waals surface area contributed by atoms with Gasteiger partial charge in [-0.15, -0.1) is 0 Å². The third-order valence-electron chi connectivity index (χ3n) is 7.04. The second-order valence-corrected chi connectivity index (χ2v) is 13.0. The van der Waals surface area contributed by atoms with Gasteiger partial charge in [-0.1, -0.05) is 25.5 Å². The molecule has 1 aliphatic carbocycles. The van der Waals surface area contributed by atoms with E-state index >= 15 is 0 Å². The van der Waals surface area contributed by atoms with Crippen molar-refractivity contribution in [3.05, 3.63) is 54.4 Å². The van der Waals surface area contributed by atoms with Gasteiger partial charge in [0.05, 0.1) is 11.6 Å². The zero-order valence-corrected chi connectivity index (χ0v) is 22.1. The minimum Gasteiger partial charge on any atom is -0.389 e. The van der Waals surface area contributed by atoms with E-state index in [1.54, 1.807) is 0 Å². The first-order valence-electron chi connectivity index (χ1n) is 12.5. The fourth-order valence-corrected chi connectivity index (χ4v) is 5.61. The lowest BCUT2D eigenvalue weighted by atomic mass is 9.91. The van der Waals surface area contributed by atoms with Crippen LogP contribution in [0.4, 0.5) is 33.9 Å². The maximum absolute atomic E-state index is 13.8. The number of carbonyl (C=O) groups excluding carboxylic acids is 2. The summed E-state index contributed by atoms with van der Waals surface area (Å²) in [5.74, 6) is -4.52. The number of anilines is 1. The molecule has 40 heavy (non-hydrogen) atoms. The maximum Gasteiger partial charge on any atom is 0.310 e. The van der Waals surface area contributed by atoms with Crippen LogP contribution in [-0.2, 0) is 9.59 Å². The molecule has 3 N–H and O–H groups in total. The van der Waals surface area contributed by atoms with Crippen LogP contribution < -0.4 is 15.5 Å². The number of benzene rings is 1. The van der Waals surface area contributed by atoms with Crippen molar-refractivity contribution < 1.29 is 42.9 Å². The largest absolute Gasteiger partial charge is 0.389 e. The van der Waals surface area contributed by atoms with Gasteiger partial charge < -0.3 is 15.7 Å². The fraction of sp³-hybridized carbons (Fsp3) is 0.480. The Balaban J connectivity index is 1.76. The third-order valence-corrected chi connectivity index (χ3v) is 8.20. The Hall–Kier alpha value is -2.91. The summed E-state index contributed by atoms with van der Waals surface area (Å²) in [6.07, 6.45) is 1.51. The van der Waals surface area contributed by atoms with Crippen LogP contribution in [0.5, 0.6) is 0 Å². The summed E-state index contributed by atoms with van der Waals surface area (Å²) < 4.78 is 94.3. The molecule has 2 heterocycles. The van der Waals surface area contributed by atoms with Crippen LogP contribution in [0.2, 0.25) is 0 Å². The first kappa shape index (κ1) is 30.1. The van der Waals surface area contributed by atoms with Gasteiger partial charge in [-0.3, -0.25) is 19.5 Å². The smallest absolute Gasteiger partial charge is 0.310 e. The van der Waals surface area contributed by atoms with Crippen molar-refractivity contribution >= 4 is 27.7 Å². The van der Waals surface area contributed by atoms with Crippen LogP contribution in [-0.4, -0.2) is 52.1 Å². The second-order valence-electron chi connectivity index (χ2n) is 10.6. The van der Waals surface area contributed by atoms with E-state index in [0.717, 1.165) is 4.90 Å². The van der Waals surface area contributed by atoms with Gasteiger partial charge in [0.25, 0.3) is 0 Å². The SMILES string of the molecule is C[C@]1(O)CN[C@@H](C(=O)N(c2ccc(S(F)(F)(F)(F)F)cc2)C(C(=O)NC2CCC(F)(F)CC2)c2cccnc2)C1. The van der Waals surface area contributed by atoms with Gasteiger partial charge in [0.15, 0.2) is 0 Å². The van der Waals surface area contributed by atoms with E-state index < -0.39 is 69.4 Å². The lowest BCUT2D eigenvalue weighted by molar-refractivity contribution is -0.128. The standard InChI is InChI=1S/C25H29F7N4O3S/c1-24(39)13-20(34-15-24)23(38)36(18-4-6-19(7-5-18)40(28,29,30,31)32)21(16-3-2-12-33-14-16)22(37)35-17-8-10-25(26,27)11-9-17/h2-7,12,14,17,20-21,34,39H,8-11,13,15H2,1H3,(H,35,37)/t20-,21?,24-/m1/s1. The lowest BCUT2D eigenvalue weighted by Crippen LogP contribution is -2.52. The molecule has 15 heteroatoms. The Kier molecular flexibility index (Phi) is 7.20. The van der Waals surface area contributed by atoms with Crippen molar-refractivity contribution in [2.45, 2.75) is 73.6 Å². The van der Waals surface area contributed by atoms with E-state index in [1.807, 2.05) is 0 Å². The summed E-state index contributed by atoms with van der Waals surface area (Å²) in [7, 11) is -10.0. The van der Waals surface area contributed by atoms with E-state index in [2.05, 4.69) is 15.6 Å². The molecule has 1 aromatic heterocycles. The van der Waals surface area contributed by atoms with E-state index in [4.69, 9.17) is 0 Å². The summed E-state index contributed by atoms with van der Waals surface area (Å²) in [5, 5.41) is 15.9. The number of halogens is 7. The average molecular weight is 599 g/mol. The summed E-state index contributed by atoms with van der Waals surface area (Å²) in [4.78, 5) is 30.1. The molecule has 1 unspecified atom stereocenters. The molecular formula is C25H29F7N4O3S. The number of aliphatic hydroxyl groups is 1. The van der Waals surface area contributed by atoms with Crippen molar-refractivity contribution in [2.75, 3.05) is 11.4 Å². The summed E-state index contributed by atoms with van der Waals surface area (Å²) in [5.41, 5.74) is -1.48. The zero-order valence-electron chi connectivity index (χ0n) is 21.3. The number of carbonyl (C=O) groups is 2. The third kappa shape index (κ3) is 7.04. The Morgan fingerprint density at radius 1 is 1.10 bits per heavy atom. The van der Waals surface area contributed by atoms with Gasteiger partial charge in [0.1, 0.15) is 10.9 Å². The van der Waals surface area contributed by atoms with E-state index in [-0.39, 0.29) is 49.2 Å². The minimum atomic E-state index is -10.0. The number of β-amino-alcohol motifs (C(OH)–C–C–N with tert-alkyl or cyclic N) is 1. The molecule has 1 saturated carbocycles. The molecule has 1 aromatic carbocycles. The summed E-state index contributed by atoms with van der Waals surface area (Å²) in [6.45, 7) is 1.46. The van der Waals surface area contributed by atoms with Crippen LogP contribution in [0, 0.1) is 0 Å². The van der Waals surface area contributed by atoms with Crippen LogP contribution in [0.3, 0.4) is 0 Å². The normalized spacial score (nSPS) is 25.9. The highest BCUT2D eigenvalue weighted by Crippen LogP contribution is 3.02. The van der Waals surface area contributed by atoms with Gasteiger partial charge in [-0.05, 0) is 50.1 Å². The highest BCUT2D eigenvalue weighted by molar-refractivity contribution is 8.45. The lowest BCUT2D eigenvalue weighted by Gasteiger charge is -2.41. The average Bonchev–Trinajstić information content (AvgIpc) is 3.22. The number of hydrogen-bond donors (Lipinski definition) is 3. The molecule has 3 atom stereocenters. The number of alkyl halides is 2. The number of nitrogens with zero attached hydrogens (tertiary/aromatic N) is 2. The Morgan fingerprint density at radius 3 is 2.23 bits per heavy atom. The topological polar surface area (TPSA) is 94.6 Å². The van der Waals surface area contributed by atoms with Gasteiger partial charge >= 0.3 is 10.2 Å². The first-order chi connectivity index (χ1) is 18.2. The molecule has 1 aliphatic heterocycles. The molecule has 2 fully saturated rings. The molecule has 0 bridgehead atoms. The van der Waals surface area contributed by atoms with Crippen LogP contribution >= 0.6 is 10.2 Å². The highest BCUT2D eigenvalue weighted by Gasteiger charge is 2.65. The van der Waals surface area contributed by atoms with Crippen molar-refractivity contribution in [1.29, 1.82) is 0 Å². The Labute approximate surface area is 225 Å². The van der Waals surface area contributed by atoms with Crippen LogP contribution in [0.1, 0.15) is 50.6 Å². The Bertz CT molecular complexity index is 1250. The van der Waals surface area contributed by atoms with Crippen LogP contribution in [0.15, 0.2) is 53.7 Å². The predicted octanol–water partition coefficient (Wildman–Crippen LogP) is 5.62. The van der Waals surface area contributed by atoms with Gasteiger partial charge in [0.2, 0.25) is 17.7 Å². The van der Waals surface area contributed by atoms with Crippen molar-refractivity contribution in [3.8, 4) is 0 Å². The summed E-state index contributed by atoms with van der Waals surface area (Å²) in [6, 6.07) is 1.19. The summed E-state index contributed by atoms with van der Waals surface area (Å²) >= 11 is 0. The first-order valence-corrected chi connectivity index (χ1v) is 14.4. The second kappa shape index (κ2) is 9.58. The number of rotatable bonds is 7. The molecule has 1 saturated heterocycles. The molecule has 2 aliphatic rings. The van der Waals surface area contributed by atoms with Gasteiger partial charge in [0, 0.05) is 55.5 Å². The number of aromatic nitrogens is 1. The molecule has 0 spiro atoms. The molecule has 7 nitrogen and oxygen atoms in total. The van der Waals surface area contributed by atoms with Crippen molar-refractivity contribution in [3.63, 3.8) is 0 Å². The van der Waals surface area contributed by atoms with Gasteiger partial charge in [-0.2, -0.15) is 0 Å². The quantitative estimate of drug-likeness (QED) is 0.360. The molecule has 222 valence electrons. The maximum atomic E-state index is 13.8. The monoisotopic (exact) mass is 598 g/mol. The van der Waals surface area contributed by atoms with Crippen molar-refractivity contribution in [2.24, 2.45) is 0 Å². The number of pyridine rings is 1. The molecule has 0 radical (unpaired) electrons. The molecule has 4 rings (SSSR count). The number of hydrogen-bond acceptors (Lipinski definition) is 5. The molecule has 2 aromatic rings.